The van der Waals surface area contributed by atoms with E-state index in [-0.39, 0.29) is 12.4 Å². The van der Waals surface area contributed by atoms with Crippen LogP contribution in [0, 0.1) is 0 Å². The molecule has 20 heavy (non-hydrogen) atoms. The van der Waals surface area contributed by atoms with Crippen LogP contribution in [-0.2, 0) is 0 Å². The standard InChI is InChI=1S/C13H17N5O.ClH/c1-19-10-4-7-15-11(8-10)13-16-12(17-18-13)9-2-5-14-6-3-9;/h4,7-9,14H,2-3,5-6H2,1H3,(H,16,17,18);1H. The third kappa shape index (κ3) is 3.08. The SMILES string of the molecule is COc1ccnc(-c2n[nH]c(C3CCNCC3)n2)c1.Cl. The van der Waals surface area contributed by atoms with E-state index in [1.165, 1.54) is 0 Å². The zero-order valence-electron chi connectivity index (χ0n) is 11.3. The number of halogens is 1. The molecule has 6 nitrogen and oxygen atoms in total. The van der Waals surface area contributed by atoms with Gasteiger partial charge in [0.05, 0.1) is 7.11 Å². The van der Waals surface area contributed by atoms with Gasteiger partial charge in [-0.3, -0.25) is 10.1 Å². The van der Waals surface area contributed by atoms with Gasteiger partial charge in [0.25, 0.3) is 0 Å². The molecule has 2 aromatic heterocycles. The Balaban J connectivity index is 0.00000147. The summed E-state index contributed by atoms with van der Waals surface area (Å²) in [6, 6.07) is 3.65. The second-order valence-electron chi connectivity index (χ2n) is 4.65. The predicted molar refractivity (Wildman–Crippen MR) is 78.3 cm³/mol. The third-order valence-corrected chi connectivity index (χ3v) is 3.42. The van der Waals surface area contributed by atoms with Crippen LogP contribution in [0.15, 0.2) is 18.3 Å². The fourth-order valence-electron chi connectivity index (χ4n) is 2.33. The molecular weight excluding hydrogens is 278 g/mol. The van der Waals surface area contributed by atoms with Crippen LogP contribution in [0.1, 0.15) is 24.6 Å². The third-order valence-electron chi connectivity index (χ3n) is 3.42. The van der Waals surface area contributed by atoms with Crippen molar-refractivity contribution in [1.82, 2.24) is 25.5 Å². The average molecular weight is 296 g/mol. The maximum atomic E-state index is 5.19. The normalized spacial score (nSPS) is 15.7. The van der Waals surface area contributed by atoms with Gasteiger partial charge in [0.15, 0.2) is 5.82 Å². The van der Waals surface area contributed by atoms with E-state index < -0.39 is 0 Å². The number of aromatic nitrogens is 4. The van der Waals surface area contributed by atoms with Gasteiger partial charge in [-0.25, -0.2) is 4.98 Å². The van der Waals surface area contributed by atoms with Crippen molar-refractivity contribution < 1.29 is 4.74 Å². The monoisotopic (exact) mass is 295 g/mol. The molecule has 7 heteroatoms. The fourth-order valence-corrected chi connectivity index (χ4v) is 2.33. The van der Waals surface area contributed by atoms with Crippen LogP contribution in [0.5, 0.6) is 5.75 Å². The quantitative estimate of drug-likeness (QED) is 0.902. The summed E-state index contributed by atoms with van der Waals surface area (Å²) < 4.78 is 5.19. The van der Waals surface area contributed by atoms with Gasteiger partial charge in [0, 0.05) is 18.2 Å². The van der Waals surface area contributed by atoms with E-state index >= 15 is 0 Å². The van der Waals surface area contributed by atoms with Crippen molar-refractivity contribution in [2.45, 2.75) is 18.8 Å². The highest BCUT2D eigenvalue weighted by Gasteiger charge is 2.19. The molecule has 2 N–H and O–H groups in total. The van der Waals surface area contributed by atoms with Gasteiger partial charge in [-0.15, -0.1) is 12.4 Å². The predicted octanol–water partition coefficient (Wildman–Crippen LogP) is 1.76. The van der Waals surface area contributed by atoms with Gasteiger partial charge < -0.3 is 10.1 Å². The van der Waals surface area contributed by atoms with Gasteiger partial charge in [-0.2, -0.15) is 5.10 Å². The van der Waals surface area contributed by atoms with Crippen molar-refractivity contribution in [1.29, 1.82) is 0 Å². The molecule has 0 unspecified atom stereocenters. The Bertz CT molecular complexity index is 553. The summed E-state index contributed by atoms with van der Waals surface area (Å²) in [4.78, 5) is 8.85. The molecule has 1 saturated heterocycles. The number of hydrogen-bond acceptors (Lipinski definition) is 5. The van der Waals surface area contributed by atoms with Crippen molar-refractivity contribution in [2.24, 2.45) is 0 Å². The first-order valence-electron chi connectivity index (χ1n) is 6.50. The lowest BCUT2D eigenvalue weighted by atomic mass is 9.98. The van der Waals surface area contributed by atoms with E-state index in [0.717, 1.165) is 43.2 Å². The molecule has 0 amide bonds. The lowest BCUT2D eigenvalue weighted by molar-refractivity contribution is 0.414. The van der Waals surface area contributed by atoms with Crippen LogP contribution in [-0.4, -0.2) is 40.4 Å². The summed E-state index contributed by atoms with van der Waals surface area (Å²) in [5, 5.41) is 10.7. The zero-order chi connectivity index (χ0) is 13.1. The minimum Gasteiger partial charge on any atom is -0.497 e. The highest BCUT2D eigenvalue weighted by atomic mass is 35.5. The summed E-state index contributed by atoms with van der Waals surface area (Å²) in [5.74, 6) is 2.82. The van der Waals surface area contributed by atoms with Crippen LogP contribution in [0.2, 0.25) is 0 Å². The molecule has 1 aliphatic rings. The minimum absolute atomic E-state index is 0. The van der Waals surface area contributed by atoms with Gasteiger partial charge in [-0.05, 0) is 32.0 Å². The Morgan fingerprint density at radius 2 is 2.10 bits per heavy atom. The number of piperidine rings is 1. The first-order chi connectivity index (χ1) is 9.36. The van der Waals surface area contributed by atoms with E-state index in [1.807, 2.05) is 12.1 Å². The Labute approximate surface area is 123 Å². The van der Waals surface area contributed by atoms with E-state index in [2.05, 4.69) is 25.5 Å². The number of H-pyrrole nitrogens is 1. The Morgan fingerprint density at radius 1 is 1.30 bits per heavy atom. The maximum Gasteiger partial charge on any atom is 0.199 e. The molecule has 0 atom stereocenters. The Hall–Kier alpha value is -1.66. The first kappa shape index (κ1) is 14.7. The molecular formula is C13H18ClN5O. The number of aromatic amines is 1. The summed E-state index contributed by atoms with van der Waals surface area (Å²) in [5.41, 5.74) is 0.732. The largest absolute Gasteiger partial charge is 0.497 e. The zero-order valence-corrected chi connectivity index (χ0v) is 12.1. The summed E-state index contributed by atoms with van der Waals surface area (Å²) >= 11 is 0. The summed E-state index contributed by atoms with van der Waals surface area (Å²) in [6.45, 7) is 2.08. The number of hydrogen-bond donors (Lipinski definition) is 2. The highest BCUT2D eigenvalue weighted by Crippen LogP contribution is 2.24. The molecule has 0 saturated carbocycles. The second-order valence-corrected chi connectivity index (χ2v) is 4.65. The second kappa shape index (κ2) is 6.67. The molecule has 0 bridgehead atoms. The van der Waals surface area contributed by atoms with E-state index in [4.69, 9.17) is 4.74 Å². The van der Waals surface area contributed by atoms with Crippen LogP contribution >= 0.6 is 12.4 Å². The Morgan fingerprint density at radius 3 is 2.85 bits per heavy atom. The average Bonchev–Trinajstić information content (AvgIpc) is 2.98. The number of nitrogens with zero attached hydrogens (tertiary/aromatic N) is 3. The molecule has 0 spiro atoms. The first-order valence-corrected chi connectivity index (χ1v) is 6.50. The molecule has 3 heterocycles. The topological polar surface area (TPSA) is 75.7 Å². The maximum absolute atomic E-state index is 5.19. The van der Waals surface area contributed by atoms with Crippen molar-refractivity contribution in [3.05, 3.63) is 24.2 Å². The van der Waals surface area contributed by atoms with E-state index in [0.29, 0.717) is 11.7 Å². The fraction of sp³-hybridized carbons (Fsp3) is 0.462. The number of ether oxygens (including phenoxy) is 1. The molecule has 0 aromatic carbocycles. The number of methoxy groups -OCH3 is 1. The van der Waals surface area contributed by atoms with Gasteiger partial charge in [0.2, 0.25) is 0 Å². The molecule has 1 fully saturated rings. The number of rotatable bonds is 3. The van der Waals surface area contributed by atoms with E-state index in [9.17, 15) is 0 Å². The van der Waals surface area contributed by atoms with Gasteiger partial charge in [0.1, 0.15) is 17.3 Å². The van der Waals surface area contributed by atoms with Gasteiger partial charge in [-0.1, -0.05) is 0 Å². The van der Waals surface area contributed by atoms with Crippen LogP contribution in [0.4, 0.5) is 0 Å². The highest BCUT2D eigenvalue weighted by molar-refractivity contribution is 5.85. The van der Waals surface area contributed by atoms with E-state index in [1.54, 1.807) is 13.3 Å². The Kier molecular flexibility index (Phi) is 4.92. The van der Waals surface area contributed by atoms with Crippen molar-refractivity contribution in [2.75, 3.05) is 20.2 Å². The molecule has 0 radical (unpaired) electrons. The number of pyridine rings is 1. The minimum atomic E-state index is 0. The van der Waals surface area contributed by atoms with Crippen LogP contribution < -0.4 is 10.1 Å². The summed E-state index contributed by atoms with van der Waals surface area (Å²) in [7, 11) is 1.64. The van der Waals surface area contributed by atoms with Crippen LogP contribution in [0.3, 0.4) is 0 Å². The van der Waals surface area contributed by atoms with Crippen LogP contribution in [0.25, 0.3) is 11.5 Å². The molecule has 0 aliphatic carbocycles. The lowest BCUT2D eigenvalue weighted by Gasteiger charge is -2.19. The van der Waals surface area contributed by atoms with Crippen molar-refractivity contribution >= 4 is 12.4 Å². The van der Waals surface area contributed by atoms with Crippen molar-refractivity contribution in [3.63, 3.8) is 0 Å². The smallest absolute Gasteiger partial charge is 0.199 e. The summed E-state index contributed by atoms with van der Waals surface area (Å²) in [6.07, 6.45) is 3.90. The lowest BCUT2D eigenvalue weighted by Crippen LogP contribution is -2.27. The number of nitrogens with one attached hydrogen (secondary N) is 2. The van der Waals surface area contributed by atoms with Crippen molar-refractivity contribution in [3.8, 4) is 17.3 Å². The molecule has 108 valence electrons. The molecule has 1 aliphatic heterocycles. The van der Waals surface area contributed by atoms with Gasteiger partial charge >= 0.3 is 0 Å². The molecule has 2 aromatic rings. The molecule has 3 rings (SSSR count).